The fraction of sp³-hybridized carbons (Fsp3) is 0.429. The number of nitriles is 1. The number of carboxylic acids is 1. The van der Waals surface area contributed by atoms with Gasteiger partial charge < -0.3 is 10.0 Å². The third-order valence-corrected chi connectivity index (χ3v) is 3.96. The van der Waals surface area contributed by atoms with Crippen LogP contribution in [0, 0.1) is 21.4 Å². The van der Waals surface area contributed by atoms with E-state index < -0.39 is 16.4 Å². The van der Waals surface area contributed by atoms with Gasteiger partial charge in [0.05, 0.1) is 4.92 Å². The molecule has 21 heavy (non-hydrogen) atoms. The van der Waals surface area contributed by atoms with E-state index in [4.69, 9.17) is 5.26 Å². The van der Waals surface area contributed by atoms with Gasteiger partial charge in [-0.2, -0.15) is 5.26 Å². The minimum absolute atomic E-state index is 0.0594. The van der Waals surface area contributed by atoms with E-state index in [0.29, 0.717) is 18.7 Å². The van der Waals surface area contributed by atoms with Gasteiger partial charge in [0.2, 0.25) is 0 Å². The second-order valence-corrected chi connectivity index (χ2v) is 5.26. The molecular formula is C14H15N3O4. The summed E-state index contributed by atoms with van der Waals surface area (Å²) in [7, 11) is 0. The highest BCUT2D eigenvalue weighted by molar-refractivity contribution is 5.83. The standard InChI is InChI=1S/C14H15N3O4/c1-14(13(18)19)6-2-3-7-16(14)11-4-5-12(17(20)21)10(8-11)9-15/h4-5,8H,2-3,6-7H2,1H3,(H,18,19). The minimum Gasteiger partial charge on any atom is -0.480 e. The maximum atomic E-state index is 11.6. The highest BCUT2D eigenvalue weighted by Gasteiger charge is 2.41. The number of nitro groups is 1. The Hall–Kier alpha value is -2.62. The topological polar surface area (TPSA) is 107 Å². The summed E-state index contributed by atoms with van der Waals surface area (Å²) < 4.78 is 0. The van der Waals surface area contributed by atoms with Crippen molar-refractivity contribution >= 4 is 17.3 Å². The van der Waals surface area contributed by atoms with Crippen molar-refractivity contribution in [1.82, 2.24) is 0 Å². The molecule has 0 radical (unpaired) electrons. The van der Waals surface area contributed by atoms with Gasteiger partial charge in [-0.05, 0) is 38.3 Å². The van der Waals surface area contributed by atoms with Crippen molar-refractivity contribution in [2.45, 2.75) is 31.7 Å². The van der Waals surface area contributed by atoms with E-state index in [9.17, 15) is 20.0 Å². The summed E-state index contributed by atoms with van der Waals surface area (Å²) >= 11 is 0. The van der Waals surface area contributed by atoms with Crippen molar-refractivity contribution in [1.29, 1.82) is 5.26 Å². The molecule has 1 heterocycles. The number of hydrogen-bond acceptors (Lipinski definition) is 5. The summed E-state index contributed by atoms with van der Waals surface area (Å²) in [6, 6.07) is 5.95. The number of anilines is 1. The second-order valence-electron chi connectivity index (χ2n) is 5.26. The first kappa shape index (κ1) is 14.8. The van der Waals surface area contributed by atoms with Gasteiger partial charge in [-0.1, -0.05) is 0 Å². The van der Waals surface area contributed by atoms with E-state index in [1.807, 2.05) is 0 Å². The fourth-order valence-corrected chi connectivity index (χ4v) is 2.70. The molecule has 2 rings (SSSR count). The number of nitrogens with zero attached hydrogens (tertiary/aromatic N) is 3. The van der Waals surface area contributed by atoms with Crippen LogP contribution in [0.3, 0.4) is 0 Å². The first-order valence-corrected chi connectivity index (χ1v) is 6.60. The first-order valence-electron chi connectivity index (χ1n) is 6.60. The lowest BCUT2D eigenvalue weighted by Gasteiger charge is -2.43. The van der Waals surface area contributed by atoms with Crippen molar-refractivity contribution in [3.63, 3.8) is 0 Å². The molecular weight excluding hydrogens is 274 g/mol. The number of benzene rings is 1. The minimum atomic E-state index is -1.05. The Balaban J connectivity index is 2.48. The molecule has 0 bridgehead atoms. The number of carboxylic acid groups (broad SMARTS) is 1. The van der Waals surface area contributed by atoms with E-state index in [1.54, 1.807) is 17.9 Å². The molecule has 1 unspecified atom stereocenters. The average molecular weight is 289 g/mol. The predicted octanol–water partition coefficient (Wildman–Crippen LogP) is 2.30. The number of piperidine rings is 1. The summed E-state index contributed by atoms with van der Waals surface area (Å²) in [6.45, 7) is 2.19. The molecule has 1 aromatic rings. The highest BCUT2D eigenvalue weighted by atomic mass is 16.6. The molecule has 1 N–H and O–H groups in total. The predicted molar refractivity (Wildman–Crippen MR) is 75.0 cm³/mol. The van der Waals surface area contributed by atoms with Gasteiger partial charge in [0.15, 0.2) is 0 Å². The molecule has 7 nitrogen and oxygen atoms in total. The van der Waals surface area contributed by atoms with E-state index in [2.05, 4.69) is 0 Å². The Morgan fingerprint density at radius 3 is 2.81 bits per heavy atom. The van der Waals surface area contributed by atoms with E-state index >= 15 is 0 Å². The molecule has 1 atom stereocenters. The first-order chi connectivity index (χ1) is 9.90. The Morgan fingerprint density at radius 1 is 1.52 bits per heavy atom. The van der Waals surface area contributed by atoms with Crippen LogP contribution in [-0.4, -0.2) is 28.1 Å². The number of carbonyl (C=O) groups is 1. The summed E-state index contributed by atoms with van der Waals surface area (Å²) in [5.41, 5.74) is -0.853. The zero-order chi connectivity index (χ0) is 15.6. The summed E-state index contributed by atoms with van der Waals surface area (Å²) in [4.78, 5) is 23.5. The molecule has 0 amide bonds. The third-order valence-electron chi connectivity index (χ3n) is 3.96. The largest absolute Gasteiger partial charge is 0.480 e. The van der Waals surface area contributed by atoms with Crippen molar-refractivity contribution in [3.8, 4) is 6.07 Å². The summed E-state index contributed by atoms with van der Waals surface area (Å²) in [5, 5.41) is 29.4. The van der Waals surface area contributed by atoms with Gasteiger partial charge in [-0.15, -0.1) is 0 Å². The summed E-state index contributed by atoms with van der Waals surface area (Å²) in [5.74, 6) is -0.931. The SMILES string of the molecule is CC1(C(=O)O)CCCCN1c1ccc([N+](=O)[O-])c(C#N)c1. The van der Waals surface area contributed by atoms with Crippen LogP contribution in [0.25, 0.3) is 0 Å². The smallest absolute Gasteiger partial charge is 0.329 e. The van der Waals surface area contributed by atoms with Gasteiger partial charge in [-0.3, -0.25) is 10.1 Å². The van der Waals surface area contributed by atoms with Gasteiger partial charge in [0.25, 0.3) is 5.69 Å². The van der Waals surface area contributed by atoms with Crippen molar-refractivity contribution < 1.29 is 14.8 Å². The van der Waals surface area contributed by atoms with Crippen molar-refractivity contribution in [2.75, 3.05) is 11.4 Å². The van der Waals surface area contributed by atoms with Crippen molar-refractivity contribution in [2.24, 2.45) is 0 Å². The van der Waals surface area contributed by atoms with Crippen LogP contribution in [0.5, 0.6) is 0 Å². The Morgan fingerprint density at radius 2 is 2.24 bits per heavy atom. The van der Waals surface area contributed by atoms with Crippen LogP contribution >= 0.6 is 0 Å². The average Bonchev–Trinajstić information content (AvgIpc) is 2.46. The maximum absolute atomic E-state index is 11.6. The number of aliphatic carboxylic acids is 1. The molecule has 1 aromatic carbocycles. The molecule has 1 fully saturated rings. The molecule has 1 saturated heterocycles. The normalized spacial score (nSPS) is 21.6. The van der Waals surface area contributed by atoms with E-state index in [-0.39, 0.29) is 11.3 Å². The third kappa shape index (κ3) is 2.52. The number of nitro benzene ring substituents is 1. The van der Waals surface area contributed by atoms with Crippen LogP contribution in [0.1, 0.15) is 31.7 Å². The monoisotopic (exact) mass is 289 g/mol. The van der Waals surface area contributed by atoms with E-state index in [0.717, 1.165) is 12.8 Å². The summed E-state index contributed by atoms with van der Waals surface area (Å²) in [6.07, 6.45) is 2.17. The lowest BCUT2D eigenvalue weighted by Crippen LogP contribution is -2.55. The maximum Gasteiger partial charge on any atom is 0.329 e. The quantitative estimate of drug-likeness (QED) is 0.675. The van der Waals surface area contributed by atoms with Crippen LogP contribution in [0.2, 0.25) is 0 Å². The molecule has 1 aliphatic rings. The van der Waals surface area contributed by atoms with Gasteiger partial charge in [0.1, 0.15) is 17.2 Å². The highest BCUT2D eigenvalue weighted by Crippen LogP contribution is 2.35. The van der Waals surface area contributed by atoms with Crippen LogP contribution in [0.4, 0.5) is 11.4 Å². The molecule has 0 aliphatic carbocycles. The molecule has 110 valence electrons. The van der Waals surface area contributed by atoms with E-state index in [1.165, 1.54) is 18.2 Å². The Bertz CT molecular complexity index is 638. The molecule has 0 saturated carbocycles. The Labute approximate surface area is 121 Å². The number of hydrogen-bond donors (Lipinski definition) is 1. The van der Waals surface area contributed by atoms with Crippen LogP contribution in [-0.2, 0) is 4.79 Å². The van der Waals surface area contributed by atoms with Gasteiger partial charge in [-0.25, -0.2) is 4.79 Å². The fourth-order valence-electron chi connectivity index (χ4n) is 2.70. The second kappa shape index (κ2) is 5.40. The van der Waals surface area contributed by atoms with Crippen LogP contribution < -0.4 is 4.90 Å². The van der Waals surface area contributed by atoms with Crippen LogP contribution in [0.15, 0.2) is 18.2 Å². The molecule has 7 heteroatoms. The Kier molecular flexibility index (Phi) is 3.80. The molecule has 1 aliphatic heterocycles. The zero-order valence-corrected chi connectivity index (χ0v) is 11.6. The molecule has 0 spiro atoms. The lowest BCUT2D eigenvalue weighted by molar-refractivity contribution is -0.385. The van der Waals surface area contributed by atoms with Crippen molar-refractivity contribution in [3.05, 3.63) is 33.9 Å². The molecule has 0 aromatic heterocycles. The van der Waals surface area contributed by atoms with Gasteiger partial charge in [0, 0.05) is 18.3 Å². The number of rotatable bonds is 3. The zero-order valence-electron chi connectivity index (χ0n) is 11.6. The lowest BCUT2D eigenvalue weighted by atomic mass is 9.87. The van der Waals surface area contributed by atoms with Gasteiger partial charge >= 0.3 is 5.97 Å².